The van der Waals surface area contributed by atoms with Crippen LogP contribution in [-0.4, -0.2) is 86.4 Å². The van der Waals surface area contributed by atoms with Gasteiger partial charge in [-0.15, -0.1) is 0 Å². The molecule has 28 heavy (non-hydrogen) atoms. The lowest BCUT2D eigenvalue weighted by Gasteiger charge is -2.23. The molecule has 0 aliphatic carbocycles. The van der Waals surface area contributed by atoms with Crippen molar-refractivity contribution < 1.29 is 38.5 Å². The van der Waals surface area contributed by atoms with Gasteiger partial charge in [-0.2, -0.15) is 0 Å². The highest BCUT2D eigenvalue weighted by Crippen LogP contribution is 2.02. The Labute approximate surface area is 165 Å². The Bertz CT molecular complexity index is 498. The Morgan fingerprint density at radius 3 is 2.25 bits per heavy atom. The number of nitrogens with zero attached hydrogens (tertiary/aromatic N) is 1. The van der Waals surface area contributed by atoms with Gasteiger partial charge in [0.2, 0.25) is 11.8 Å². The summed E-state index contributed by atoms with van der Waals surface area (Å²) in [6.07, 6.45) is 0.600. The molecule has 0 aliphatic rings. The van der Waals surface area contributed by atoms with Crippen LogP contribution in [0.1, 0.15) is 39.5 Å². The van der Waals surface area contributed by atoms with Gasteiger partial charge in [-0.05, 0) is 20.3 Å². The van der Waals surface area contributed by atoms with Crippen LogP contribution >= 0.6 is 0 Å². The van der Waals surface area contributed by atoms with Gasteiger partial charge in [0.25, 0.3) is 0 Å². The van der Waals surface area contributed by atoms with Crippen LogP contribution in [0.25, 0.3) is 0 Å². The van der Waals surface area contributed by atoms with E-state index in [-0.39, 0.29) is 44.3 Å². The van der Waals surface area contributed by atoms with E-state index >= 15 is 0 Å². The molecule has 2 N–H and O–H groups in total. The second-order valence-corrected chi connectivity index (χ2v) is 6.00. The van der Waals surface area contributed by atoms with Crippen molar-refractivity contribution >= 4 is 23.8 Å². The third kappa shape index (κ3) is 13.0. The summed E-state index contributed by atoms with van der Waals surface area (Å²) in [5, 5.41) is 11.1. The molecule has 0 saturated heterocycles. The predicted molar refractivity (Wildman–Crippen MR) is 99.6 cm³/mol. The number of carboxylic acid groups (broad SMARTS) is 1. The Morgan fingerprint density at radius 2 is 1.64 bits per heavy atom. The summed E-state index contributed by atoms with van der Waals surface area (Å²) in [7, 11) is 1.54. The van der Waals surface area contributed by atoms with Crippen LogP contribution in [0.3, 0.4) is 0 Å². The van der Waals surface area contributed by atoms with Crippen molar-refractivity contribution in [3.05, 3.63) is 0 Å². The maximum absolute atomic E-state index is 12.0. The number of ether oxygens (including phenoxy) is 3. The van der Waals surface area contributed by atoms with Gasteiger partial charge in [0.1, 0.15) is 6.04 Å². The Morgan fingerprint density at radius 1 is 1.00 bits per heavy atom. The molecule has 0 heterocycles. The minimum absolute atomic E-state index is 0.0265. The average Bonchev–Trinajstić information content (AvgIpc) is 2.65. The summed E-state index contributed by atoms with van der Waals surface area (Å²) < 4.78 is 15.5. The number of nitrogens with one attached hydrogen (secondary N) is 1. The fourth-order valence-electron chi connectivity index (χ4n) is 2.05. The standard InChI is InChI=1S/C18H32N2O8/c1-4-28-18(25)14(2)20(3)16(22)8-10-26-12-13-27-11-9-19-15(21)6-5-7-17(23)24/h14H,4-13H2,1-3H3,(H,19,21)(H,23,24). The van der Waals surface area contributed by atoms with Gasteiger partial charge < -0.3 is 29.5 Å². The first kappa shape index (κ1) is 25.8. The average molecular weight is 404 g/mol. The lowest BCUT2D eigenvalue weighted by molar-refractivity contribution is -0.153. The number of aliphatic carboxylic acids is 1. The van der Waals surface area contributed by atoms with E-state index in [1.807, 2.05) is 0 Å². The second-order valence-electron chi connectivity index (χ2n) is 6.00. The molecule has 10 nitrogen and oxygen atoms in total. The minimum atomic E-state index is -0.919. The van der Waals surface area contributed by atoms with Gasteiger partial charge >= 0.3 is 11.9 Å². The van der Waals surface area contributed by atoms with Crippen molar-refractivity contribution in [1.29, 1.82) is 0 Å². The van der Waals surface area contributed by atoms with Gasteiger partial charge in [-0.25, -0.2) is 4.79 Å². The Hall–Kier alpha value is -2.20. The van der Waals surface area contributed by atoms with Gasteiger partial charge in [0.15, 0.2) is 0 Å². The quantitative estimate of drug-likeness (QED) is 0.275. The van der Waals surface area contributed by atoms with Crippen molar-refractivity contribution in [2.75, 3.05) is 46.6 Å². The zero-order chi connectivity index (χ0) is 21.4. The fraction of sp³-hybridized carbons (Fsp3) is 0.778. The molecule has 0 spiro atoms. The molecule has 0 aliphatic heterocycles. The summed E-state index contributed by atoms with van der Waals surface area (Å²) in [6, 6.07) is -0.643. The van der Waals surface area contributed by atoms with E-state index in [4.69, 9.17) is 19.3 Å². The number of amides is 2. The lowest BCUT2D eigenvalue weighted by atomic mass is 10.2. The molecular weight excluding hydrogens is 372 g/mol. The number of carboxylic acids is 1. The highest BCUT2D eigenvalue weighted by atomic mass is 16.5. The molecule has 1 atom stereocenters. The van der Waals surface area contributed by atoms with Crippen LogP contribution < -0.4 is 5.32 Å². The van der Waals surface area contributed by atoms with E-state index in [1.54, 1.807) is 20.9 Å². The number of likely N-dealkylation sites (N-methyl/N-ethyl adjacent to an activating group) is 1. The van der Waals surface area contributed by atoms with Crippen LogP contribution in [0.4, 0.5) is 0 Å². The molecule has 0 bridgehead atoms. The van der Waals surface area contributed by atoms with Gasteiger partial charge in [-0.1, -0.05) is 0 Å². The number of carbonyl (C=O) groups is 4. The maximum atomic E-state index is 12.0. The summed E-state index contributed by atoms with van der Waals surface area (Å²) in [5.74, 6) is -1.78. The van der Waals surface area contributed by atoms with E-state index in [2.05, 4.69) is 5.32 Å². The van der Waals surface area contributed by atoms with Crippen LogP contribution in [-0.2, 0) is 33.4 Å². The number of esters is 1. The number of hydrogen-bond acceptors (Lipinski definition) is 7. The van der Waals surface area contributed by atoms with Crippen LogP contribution in [0.2, 0.25) is 0 Å². The molecular formula is C18H32N2O8. The van der Waals surface area contributed by atoms with E-state index < -0.39 is 18.0 Å². The zero-order valence-corrected chi connectivity index (χ0v) is 16.9. The molecule has 0 fully saturated rings. The van der Waals surface area contributed by atoms with Crippen molar-refractivity contribution in [3.8, 4) is 0 Å². The molecule has 1 unspecified atom stereocenters. The molecule has 10 heteroatoms. The summed E-state index contributed by atoms with van der Waals surface area (Å²) in [4.78, 5) is 46.6. The van der Waals surface area contributed by atoms with Crippen LogP contribution in [0.15, 0.2) is 0 Å². The highest BCUT2D eigenvalue weighted by molar-refractivity contribution is 5.84. The number of carbonyl (C=O) groups excluding carboxylic acids is 3. The first-order valence-electron chi connectivity index (χ1n) is 9.35. The van der Waals surface area contributed by atoms with E-state index in [1.165, 1.54) is 4.90 Å². The molecule has 2 amide bonds. The van der Waals surface area contributed by atoms with Crippen LogP contribution in [0.5, 0.6) is 0 Å². The van der Waals surface area contributed by atoms with E-state index in [0.717, 1.165) is 0 Å². The van der Waals surface area contributed by atoms with Gasteiger partial charge in [-0.3, -0.25) is 14.4 Å². The number of hydrogen-bond donors (Lipinski definition) is 2. The summed E-state index contributed by atoms with van der Waals surface area (Å²) in [5.41, 5.74) is 0. The number of rotatable bonds is 16. The highest BCUT2D eigenvalue weighted by Gasteiger charge is 2.22. The summed E-state index contributed by atoms with van der Waals surface area (Å²) in [6.45, 7) is 5.06. The third-order valence-corrected chi connectivity index (χ3v) is 3.80. The molecule has 0 aromatic heterocycles. The molecule has 162 valence electrons. The first-order chi connectivity index (χ1) is 13.3. The first-order valence-corrected chi connectivity index (χ1v) is 9.35. The predicted octanol–water partition coefficient (Wildman–Crippen LogP) is 0.191. The van der Waals surface area contributed by atoms with Crippen molar-refractivity contribution in [2.45, 2.75) is 45.6 Å². The Balaban J connectivity index is 3.61. The maximum Gasteiger partial charge on any atom is 0.328 e. The molecule has 0 saturated carbocycles. The van der Waals surface area contributed by atoms with Crippen molar-refractivity contribution in [2.24, 2.45) is 0 Å². The third-order valence-electron chi connectivity index (χ3n) is 3.80. The second kappa shape index (κ2) is 15.8. The molecule has 0 aromatic rings. The SMILES string of the molecule is CCOC(=O)C(C)N(C)C(=O)CCOCCOCCNC(=O)CCCC(=O)O. The zero-order valence-electron chi connectivity index (χ0n) is 16.9. The summed E-state index contributed by atoms with van der Waals surface area (Å²) >= 11 is 0. The fourth-order valence-corrected chi connectivity index (χ4v) is 2.05. The van der Waals surface area contributed by atoms with E-state index in [9.17, 15) is 19.2 Å². The van der Waals surface area contributed by atoms with Crippen molar-refractivity contribution in [1.82, 2.24) is 10.2 Å². The normalized spacial score (nSPS) is 11.5. The van der Waals surface area contributed by atoms with E-state index in [0.29, 0.717) is 32.8 Å². The minimum Gasteiger partial charge on any atom is -0.481 e. The molecule has 0 aromatic carbocycles. The monoisotopic (exact) mass is 404 g/mol. The molecule has 0 radical (unpaired) electrons. The van der Waals surface area contributed by atoms with Crippen LogP contribution in [0, 0.1) is 0 Å². The van der Waals surface area contributed by atoms with Gasteiger partial charge in [0.05, 0.1) is 39.5 Å². The smallest absolute Gasteiger partial charge is 0.328 e. The molecule has 0 rings (SSSR count). The Kier molecular flexibility index (Phi) is 14.6. The van der Waals surface area contributed by atoms with Crippen molar-refractivity contribution in [3.63, 3.8) is 0 Å². The van der Waals surface area contributed by atoms with Gasteiger partial charge in [0, 0.05) is 26.4 Å². The topological polar surface area (TPSA) is 131 Å². The largest absolute Gasteiger partial charge is 0.481 e. The lowest BCUT2D eigenvalue weighted by Crippen LogP contribution is -2.41.